The molecule has 18 heavy (non-hydrogen) atoms. The third kappa shape index (κ3) is 4.78. The fourth-order valence-corrected chi connectivity index (χ4v) is 2.35. The standard InChI is InChI=1S/C12H16F3NOS/c1-8(7-18-2)11(16)9-4-3-5-10(6-9)17-12(13,14)15/h3-6,8,11H,7,16H2,1-2H3. The van der Waals surface area contributed by atoms with Crippen LogP contribution in [0.25, 0.3) is 0 Å². The predicted octanol–water partition coefficient (Wildman–Crippen LogP) is 3.58. The van der Waals surface area contributed by atoms with Crippen LogP contribution in [-0.4, -0.2) is 18.4 Å². The molecule has 1 rings (SSSR count). The zero-order chi connectivity index (χ0) is 13.8. The summed E-state index contributed by atoms with van der Waals surface area (Å²) in [7, 11) is 0. The number of benzene rings is 1. The van der Waals surface area contributed by atoms with Gasteiger partial charge in [-0.2, -0.15) is 11.8 Å². The molecule has 0 aliphatic rings. The van der Waals surface area contributed by atoms with Gasteiger partial charge in [-0.1, -0.05) is 19.1 Å². The molecule has 0 aliphatic carbocycles. The molecular formula is C12H16F3NOS. The Bertz CT molecular complexity index is 384. The van der Waals surface area contributed by atoms with E-state index >= 15 is 0 Å². The van der Waals surface area contributed by atoms with Gasteiger partial charge in [0, 0.05) is 6.04 Å². The zero-order valence-electron chi connectivity index (χ0n) is 10.2. The minimum Gasteiger partial charge on any atom is -0.406 e. The third-order valence-electron chi connectivity index (χ3n) is 2.52. The molecule has 102 valence electrons. The lowest BCUT2D eigenvalue weighted by Crippen LogP contribution is -2.21. The number of nitrogens with two attached hydrogens (primary N) is 1. The molecule has 1 aromatic rings. The minimum atomic E-state index is -4.67. The van der Waals surface area contributed by atoms with Crippen molar-refractivity contribution in [3.05, 3.63) is 29.8 Å². The number of thioether (sulfide) groups is 1. The largest absolute Gasteiger partial charge is 0.573 e. The second-order valence-electron chi connectivity index (χ2n) is 4.08. The van der Waals surface area contributed by atoms with Crippen LogP contribution in [-0.2, 0) is 0 Å². The first kappa shape index (κ1) is 15.2. The Hall–Kier alpha value is -0.880. The first-order valence-electron chi connectivity index (χ1n) is 5.43. The van der Waals surface area contributed by atoms with Crippen LogP contribution < -0.4 is 10.5 Å². The summed E-state index contributed by atoms with van der Waals surface area (Å²) in [6, 6.07) is 5.54. The van der Waals surface area contributed by atoms with Crippen LogP contribution in [0.4, 0.5) is 13.2 Å². The van der Waals surface area contributed by atoms with Gasteiger partial charge >= 0.3 is 6.36 Å². The monoisotopic (exact) mass is 279 g/mol. The topological polar surface area (TPSA) is 35.2 Å². The second kappa shape index (κ2) is 6.33. The van der Waals surface area contributed by atoms with E-state index in [-0.39, 0.29) is 17.7 Å². The SMILES string of the molecule is CSCC(C)C(N)c1cccc(OC(F)(F)F)c1. The van der Waals surface area contributed by atoms with Crippen molar-refractivity contribution < 1.29 is 17.9 Å². The predicted molar refractivity (Wildman–Crippen MR) is 67.6 cm³/mol. The van der Waals surface area contributed by atoms with E-state index < -0.39 is 6.36 Å². The van der Waals surface area contributed by atoms with Crippen LogP contribution in [0.5, 0.6) is 5.75 Å². The summed E-state index contributed by atoms with van der Waals surface area (Å²) < 4.78 is 40.2. The molecule has 0 saturated heterocycles. The van der Waals surface area contributed by atoms with Gasteiger partial charge in [-0.15, -0.1) is 13.2 Å². The number of hydrogen-bond acceptors (Lipinski definition) is 3. The Balaban J connectivity index is 2.81. The third-order valence-corrected chi connectivity index (χ3v) is 3.38. The lowest BCUT2D eigenvalue weighted by molar-refractivity contribution is -0.274. The van der Waals surface area contributed by atoms with Crippen LogP contribution in [0.15, 0.2) is 24.3 Å². The summed E-state index contributed by atoms with van der Waals surface area (Å²) in [5.74, 6) is 0.804. The minimum absolute atomic E-state index is 0.182. The molecule has 2 atom stereocenters. The maximum absolute atomic E-state index is 12.1. The van der Waals surface area contributed by atoms with Crippen molar-refractivity contribution in [1.29, 1.82) is 0 Å². The first-order chi connectivity index (χ1) is 8.33. The normalized spacial score (nSPS) is 15.2. The molecule has 0 amide bonds. The van der Waals surface area contributed by atoms with Crippen LogP contribution in [0.2, 0.25) is 0 Å². The van der Waals surface area contributed by atoms with Gasteiger partial charge in [0.25, 0.3) is 0 Å². The number of rotatable bonds is 5. The summed E-state index contributed by atoms with van der Waals surface area (Å²) in [5.41, 5.74) is 6.66. The van der Waals surface area contributed by atoms with E-state index in [2.05, 4.69) is 4.74 Å². The molecule has 1 aromatic carbocycles. The van der Waals surface area contributed by atoms with E-state index in [0.717, 1.165) is 5.75 Å². The van der Waals surface area contributed by atoms with Crippen LogP contribution in [0.3, 0.4) is 0 Å². The average Bonchev–Trinajstić information content (AvgIpc) is 2.26. The van der Waals surface area contributed by atoms with Crippen LogP contribution in [0.1, 0.15) is 18.5 Å². The molecule has 0 aromatic heterocycles. The van der Waals surface area contributed by atoms with E-state index in [1.807, 2.05) is 13.2 Å². The van der Waals surface area contributed by atoms with Crippen molar-refractivity contribution in [3.63, 3.8) is 0 Å². The van der Waals surface area contributed by atoms with Gasteiger partial charge in [0.2, 0.25) is 0 Å². The molecule has 0 heterocycles. The maximum Gasteiger partial charge on any atom is 0.573 e. The Kier molecular flexibility index (Phi) is 5.34. The molecule has 0 spiro atoms. The Morgan fingerprint density at radius 3 is 2.61 bits per heavy atom. The van der Waals surface area contributed by atoms with Crippen molar-refractivity contribution in [3.8, 4) is 5.75 Å². The number of alkyl halides is 3. The van der Waals surface area contributed by atoms with E-state index in [4.69, 9.17) is 5.73 Å². The molecule has 6 heteroatoms. The zero-order valence-corrected chi connectivity index (χ0v) is 11.0. The van der Waals surface area contributed by atoms with Gasteiger partial charge in [0.1, 0.15) is 5.75 Å². The number of halogens is 3. The molecule has 2 unspecified atom stereocenters. The molecule has 2 N–H and O–H groups in total. The summed E-state index contributed by atoms with van der Waals surface area (Å²) >= 11 is 1.66. The van der Waals surface area contributed by atoms with Gasteiger partial charge in [0.15, 0.2) is 0 Å². The summed E-state index contributed by atoms with van der Waals surface area (Å²) in [4.78, 5) is 0. The highest BCUT2D eigenvalue weighted by atomic mass is 32.2. The number of hydrogen-bond donors (Lipinski definition) is 1. The van der Waals surface area contributed by atoms with Gasteiger partial charge in [-0.25, -0.2) is 0 Å². The van der Waals surface area contributed by atoms with E-state index in [1.165, 1.54) is 18.2 Å². The lowest BCUT2D eigenvalue weighted by atomic mass is 9.97. The van der Waals surface area contributed by atoms with Crippen LogP contribution in [0, 0.1) is 5.92 Å². The van der Waals surface area contributed by atoms with E-state index in [1.54, 1.807) is 17.8 Å². The Labute approximate surface area is 109 Å². The van der Waals surface area contributed by atoms with E-state index in [0.29, 0.717) is 5.56 Å². The van der Waals surface area contributed by atoms with Gasteiger partial charge in [0.05, 0.1) is 0 Å². The molecule has 2 nitrogen and oxygen atoms in total. The van der Waals surface area contributed by atoms with Crippen molar-refractivity contribution >= 4 is 11.8 Å². The lowest BCUT2D eigenvalue weighted by Gasteiger charge is -2.20. The molecular weight excluding hydrogens is 263 g/mol. The average molecular weight is 279 g/mol. The van der Waals surface area contributed by atoms with Crippen molar-refractivity contribution in [2.75, 3.05) is 12.0 Å². The Morgan fingerprint density at radius 1 is 1.39 bits per heavy atom. The highest BCUT2D eigenvalue weighted by molar-refractivity contribution is 7.98. The van der Waals surface area contributed by atoms with Crippen molar-refractivity contribution in [2.24, 2.45) is 11.7 Å². The molecule has 0 bridgehead atoms. The molecule has 0 fully saturated rings. The fraction of sp³-hybridized carbons (Fsp3) is 0.500. The summed E-state index contributed by atoms with van der Waals surface area (Å²) in [6.07, 6.45) is -2.71. The van der Waals surface area contributed by atoms with Crippen molar-refractivity contribution in [1.82, 2.24) is 0 Å². The van der Waals surface area contributed by atoms with E-state index in [9.17, 15) is 13.2 Å². The fourth-order valence-electron chi connectivity index (χ4n) is 1.61. The summed E-state index contributed by atoms with van der Waals surface area (Å²) in [5, 5.41) is 0. The highest BCUT2D eigenvalue weighted by Crippen LogP contribution is 2.28. The quantitative estimate of drug-likeness (QED) is 0.894. The van der Waals surface area contributed by atoms with Gasteiger partial charge in [-0.3, -0.25) is 0 Å². The molecule has 0 saturated carbocycles. The summed E-state index contributed by atoms with van der Waals surface area (Å²) in [6.45, 7) is 1.97. The second-order valence-corrected chi connectivity index (χ2v) is 4.99. The van der Waals surface area contributed by atoms with Gasteiger partial charge in [-0.05, 0) is 35.6 Å². The Morgan fingerprint density at radius 2 is 2.06 bits per heavy atom. The smallest absolute Gasteiger partial charge is 0.406 e. The molecule has 0 aliphatic heterocycles. The van der Waals surface area contributed by atoms with Crippen molar-refractivity contribution in [2.45, 2.75) is 19.3 Å². The number of ether oxygens (including phenoxy) is 1. The van der Waals surface area contributed by atoms with Crippen LogP contribution >= 0.6 is 11.8 Å². The first-order valence-corrected chi connectivity index (χ1v) is 6.83. The van der Waals surface area contributed by atoms with Gasteiger partial charge < -0.3 is 10.5 Å². The maximum atomic E-state index is 12.1. The molecule has 0 radical (unpaired) electrons. The highest BCUT2D eigenvalue weighted by Gasteiger charge is 2.31.